The zero-order valence-corrected chi connectivity index (χ0v) is 8.35. The second kappa shape index (κ2) is 3.89. The predicted octanol–water partition coefficient (Wildman–Crippen LogP) is 2.89. The molecule has 0 spiro atoms. The first-order valence-electron chi connectivity index (χ1n) is 4.33. The minimum Gasteiger partial charge on any atom is -0.303 e. The molecule has 1 nitrogen and oxygen atoms in total. The lowest BCUT2D eigenvalue weighted by Gasteiger charge is -2.27. The van der Waals surface area contributed by atoms with Gasteiger partial charge in [-0.05, 0) is 17.8 Å². The third-order valence-corrected chi connectivity index (χ3v) is 2.00. The number of hydrogen-bond acceptors (Lipinski definition) is 1. The highest BCUT2D eigenvalue weighted by molar-refractivity contribution is 5.54. The second-order valence-electron chi connectivity index (χ2n) is 4.74. The van der Waals surface area contributed by atoms with Gasteiger partial charge in [-0.1, -0.05) is 34.6 Å². The van der Waals surface area contributed by atoms with Gasteiger partial charge in [0.1, 0.15) is 6.29 Å². The van der Waals surface area contributed by atoms with Crippen LogP contribution in [-0.2, 0) is 4.79 Å². The smallest absolute Gasteiger partial charge is 0.123 e. The summed E-state index contributed by atoms with van der Waals surface area (Å²) in [7, 11) is 0. The minimum atomic E-state index is 0.131. The van der Waals surface area contributed by atoms with Crippen LogP contribution in [0.5, 0.6) is 0 Å². The van der Waals surface area contributed by atoms with Gasteiger partial charge in [-0.2, -0.15) is 0 Å². The molecule has 11 heavy (non-hydrogen) atoms. The van der Waals surface area contributed by atoms with E-state index < -0.39 is 0 Å². The van der Waals surface area contributed by atoms with Crippen LogP contribution >= 0.6 is 0 Å². The van der Waals surface area contributed by atoms with Gasteiger partial charge in [-0.25, -0.2) is 0 Å². The molecule has 1 atom stereocenters. The van der Waals surface area contributed by atoms with Crippen LogP contribution in [-0.4, -0.2) is 6.29 Å². The van der Waals surface area contributed by atoms with E-state index in [0.717, 1.165) is 12.7 Å². The van der Waals surface area contributed by atoms with Crippen molar-refractivity contribution in [3.63, 3.8) is 0 Å². The predicted molar refractivity (Wildman–Crippen MR) is 48.5 cm³/mol. The fourth-order valence-corrected chi connectivity index (χ4v) is 1.12. The first-order chi connectivity index (χ1) is 4.88. The normalized spacial score (nSPS) is 15.1. The Labute approximate surface area is 70.2 Å². The summed E-state index contributed by atoms with van der Waals surface area (Å²) in [6.07, 6.45) is 2.10. The van der Waals surface area contributed by atoms with E-state index in [0.29, 0.717) is 5.92 Å². The van der Waals surface area contributed by atoms with Crippen LogP contribution in [0.2, 0.25) is 0 Å². The van der Waals surface area contributed by atoms with Gasteiger partial charge in [-0.15, -0.1) is 0 Å². The Morgan fingerprint density at radius 1 is 1.27 bits per heavy atom. The largest absolute Gasteiger partial charge is 0.303 e. The molecular formula is C10H20O. The lowest BCUT2D eigenvalue weighted by atomic mass is 9.77. The third kappa shape index (κ3) is 4.18. The molecule has 0 saturated carbocycles. The summed E-state index contributed by atoms with van der Waals surface area (Å²) >= 11 is 0. The Bertz CT molecular complexity index is 119. The van der Waals surface area contributed by atoms with Crippen molar-refractivity contribution in [1.29, 1.82) is 0 Å². The first kappa shape index (κ1) is 10.7. The zero-order chi connectivity index (χ0) is 9.07. The molecular weight excluding hydrogens is 136 g/mol. The van der Waals surface area contributed by atoms with E-state index in [-0.39, 0.29) is 11.3 Å². The highest BCUT2D eigenvalue weighted by Crippen LogP contribution is 2.29. The van der Waals surface area contributed by atoms with Crippen molar-refractivity contribution in [2.75, 3.05) is 0 Å². The Hall–Kier alpha value is -0.330. The quantitative estimate of drug-likeness (QED) is 0.574. The first-order valence-corrected chi connectivity index (χ1v) is 4.33. The monoisotopic (exact) mass is 156 g/mol. The molecule has 1 unspecified atom stereocenters. The summed E-state index contributed by atoms with van der Waals surface area (Å²) in [6.45, 7) is 10.7. The van der Waals surface area contributed by atoms with E-state index >= 15 is 0 Å². The van der Waals surface area contributed by atoms with Gasteiger partial charge in [-0.3, -0.25) is 0 Å². The molecule has 0 aliphatic rings. The summed E-state index contributed by atoms with van der Waals surface area (Å²) in [5.74, 6) is 0.826. The van der Waals surface area contributed by atoms with Crippen molar-refractivity contribution in [2.45, 2.75) is 41.0 Å². The van der Waals surface area contributed by atoms with Gasteiger partial charge < -0.3 is 4.79 Å². The molecule has 0 bridgehead atoms. The average Bonchev–Trinajstić information content (AvgIpc) is 1.79. The molecule has 0 radical (unpaired) electrons. The van der Waals surface area contributed by atoms with Gasteiger partial charge in [0.25, 0.3) is 0 Å². The highest BCUT2D eigenvalue weighted by Gasteiger charge is 2.24. The van der Waals surface area contributed by atoms with Gasteiger partial charge in [0.2, 0.25) is 0 Å². The van der Waals surface area contributed by atoms with E-state index in [1.165, 1.54) is 0 Å². The molecule has 0 saturated heterocycles. The van der Waals surface area contributed by atoms with E-state index in [4.69, 9.17) is 0 Å². The molecule has 0 aliphatic carbocycles. The second-order valence-corrected chi connectivity index (χ2v) is 4.74. The Morgan fingerprint density at radius 3 is 1.82 bits per heavy atom. The maximum Gasteiger partial charge on any atom is 0.123 e. The molecule has 0 fully saturated rings. The van der Waals surface area contributed by atoms with Gasteiger partial charge in [0, 0.05) is 5.92 Å². The Morgan fingerprint density at radius 2 is 1.73 bits per heavy atom. The molecule has 0 aliphatic heterocycles. The van der Waals surface area contributed by atoms with Crippen molar-refractivity contribution < 1.29 is 4.79 Å². The molecule has 0 amide bonds. The van der Waals surface area contributed by atoms with Crippen LogP contribution < -0.4 is 0 Å². The van der Waals surface area contributed by atoms with Crippen molar-refractivity contribution in [2.24, 2.45) is 17.3 Å². The molecule has 0 rings (SSSR count). The van der Waals surface area contributed by atoms with Gasteiger partial charge in [0.05, 0.1) is 0 Å². The Kier molecular flexibility index (Phi) is 3.77. The SMILES string of the molecule is CC(C)CC(C=O)C(C)(C)C. The van der Waals surface area contributed by atoms with Crippen molar-refractivity contribution in [1.82, 2.24) is 0 Å². The summed E-state index contributed by atoms with van der Waals surface area (Å²) in [4.78, 5) is 10.7. The average molecular weight is 156 g/mol. The number of carbonyl (C=O) groups is 1. The number of rotatable bonds is 3. The van der Waals surface area contributed by atoms with Crippen LogP contribution in [0.1, 0.15) is 41.0 Å². The maximum atomic E-state index is 10.7. The minimum absolute atomic E-state index is 0.131. The molecule has 0 aromatic carbocycles. The molecule has 66 valence electrons. The van der Waals surface area contributed by atoms with Crippen LogP contribution in [0.4, 0.5) is 0 Å². The third-order valence-electron chi connectivity index (χ3n) is 2.00. The van der Waals surface area contributed by atoms with Gasteiger partial charge >= 0.3 is 0 Å². The standard InChI is InChI=1S/C10H20O/c1-8(2)6-9(7-11)10(3,4)5/h7-9H,6H2,1-5H3. The number of aldehydes is 1. The molecule has 0 N–H and O–H groups in total. The van der Waals surface area contributed by atoms with Crippen molar-refractivity contribution in [3.05, 3.63) is 0 Å². The van der Waals surface area contributed by atoms with Crippen LogP contribution in [0, 0.1) is 17.3 Å². The van der Waals surface area contributed by atoms with E-state index in [1.807, 2.05) is 0 Å². The lowest BCUT2D eigenvalue weighted by molar-refractivity contribution is -0.114. The summed E-state index contributed by atoms with van der Waals surface area (Å²) in [5, 5.41) is 0. The number of hydrogen-bond donors (Lipinski definition) is 0. The maximum absolute atomic E-state index is 10.7. The summed E-state index contributed by atoms with van der Waals surface area (Å²) < 4.78 is 0. The molecule has 1 heteroatoms. The van der Waals surface area contributed by atoms with Crippen LogP contribution in [0.25, 0.3) is 0 Å². The molecule has 0 aromatic rings. The topological polar surface area (TPSA) is 17.1 Å². The molecule has 0 aromatic heterocycles. The van der Waals surface area contributed by atoms with Crippen LogP contribution in [0.15, 0.2) is 0 Å². The highest BCUT2D eigenvalue weighted by atomic mass is 16.1. The van der Waals surface area contributed by atoms with Crippen molar-refractivity contribution >= 4 is 6.29 Å². The molecule has 0 heterocycles. The number of carbonyl (C=O) groups excluding carboxylic acids is 1. The summed E-state index contributed by atoms with van der Waals surface area (Å²) in [6, 6.07) is 0. The Balaban J connectivity index is 4.07. The summed E-state index contributed by atoms with van der Waals surface area (Å²) in [5.41, 5.74) is 0.131. The fraction of sp³-hybridized carbons (Fsp3) is 0.900. The van der Waals surface area contributed by atoms with Crippen LogP contribution in [0.3, 0.4) is 0 Å². The van der Waals surface area contributed by atoms with E-state index in [1.54, 1.807) is 0 Å². The van der Waals surface area contributed by atoms with Gasteiger partial charge in [0.15, 0.2) is 0 Å². The van der Waals surface area contributed by atoms with E-state index in [2.05, 4.69) is 34.6 Å². The lowest BCUT2D eigenvalue weighted by Crippen LogP contribution is -2.23. The zero-order valence-electron chi connectivity index (χ0n) is 8.35. The fourth-order valence-electron chi connectivity index (χ4n) is 1.12. The van der Waals surface area contributed by atoms with E-state index in [9.17, 15) is 4.79 Å². The van der Waals surface area contributed by atoms with Crippen molar-refractivity contribution in [3.8, 4) is 0 Å².